The maximum Gasteiger partial charge on any atom is 0.322 e. The van der Waals surface area contributed by atoms with Gasteiger partial charge in [0.1, 0.15) is 5.58 Å². The minimum Gasteiger partial charge on any atom is -0.461 e. The van der Waals surface area contributed by atoms with Gasteiger partial charge in [-0.1, -0.05) is 13.0 Å². The fourth-order valence-corrected chi connectivity index (χ4v) is 2.94. The highest BCUT2D eigenvalue weighted by atomic mass is 16.5. The van der Waals surface area contributed by atoms with Crippen LogP contribution >= 0.6 is 0 Å². The standard InChI is InChI=1S/C21H18N2O4/c1-4-14-7-8-16-15(11-14)18(24)20(19(26-16)17-6-5-9-25-17)27-21-22-12(2)10-13(3)23-21/h5-11H,4H2,1-3H3. The Morgan fingerprint density at radius 1 is 1.07 bits per heavy atom. The third kappa shape index (κ3) is 3.21. The summed E-state index contributed by atoms with van der Waals surface area (Å²) in [6, 6.07) is 10.9. The SMILES string of the molecule is CCc1ccc2oc(-c3ccco3)c(Oc3nc(C)cc(C)n3)c(=O)c2c1. The maximum absolute atomic E-state index is 13.2. The number of hydrogen-bond acceptors (Lipinski definition) is 6. The zero-order valence-electron chi connectivity index (χ0n) is 15.3. The number of hydrogen-bond donors (Lipinski definition) is 0. The van der Waals surface area contributed by atoms with Crippen LogP contribution in [0, 0.1) is 13.8 Å². The van der Waals surface area contributed by atoms with Crippen molar-refractivity contribution in [1.82, 2.24) is 9.97 Å². The average Bonchev–Trinajstić information content (AvgIpc) is 3.17. The van der Waals surface area contributed by atoms with E-state index >= 15 is 0 Å². The van der Waals surface area contributed by atoms with Crippen LogP contribution in [0.3, 0.4) is 0 Å². The van der Waals surface area contributed by atoms with E-state index in [4.69, 9.17) is 13.6 Å². The first-order valence-electron chi connectivity index (χ1n) is 8.69. The monoisotopic (exact) mass is 362 g/mol. The molecule has 4 rings (SSSR count). The van der Waals surface area contributed by atoms with Gasteiger partial charge in [-0.2, -0.15) is 0 Å². The molecule has 3 heterocycles. The molecule has 27 heavy (non-hydrogen) atoms. The summed E-state index contributed by atoms with van der Waals surface area (Å²) in [7, 11) is 0. The summed E-state index contributed by atoms with van der Waals surface area (Å²) in [6.07, 6.45) is 2.32. The Balaban J connectivity index is 1.96. The van der Waals surface area contributed by atoms with E-state index < -0.39 is 0 Å². The van der Waals surface area contributed by atoms with Crippen molar-refractivity contribution >= 4 is 11.0 Å². The van der Waals surface area contributed by atoms with Crippen molar-refractivity contribution in [3.05, 3.63) is 69.8 Å². The van der Waals surface area contributed by atoms with E-state index in [2.05, 4.69) is 9.97 Å². The van der Waals surface area contributed by atoms with Gasteiger partial charge < -0.3 is 13.6 Å². The first-order valence-corrected chi connectivity index (χ1v) is 8.69. The molecule has 0 N–H and O–H groups in total. The number of furan rings is 1. The van der Waals surface area contributed by atoms with Crippen LogP contribution in [0.4, 0.5) is 0 Å². The summed E-state index contributed by atoms with van der Waals surface area (Å²) in [5.74, 6) is 0.619. The van der Waals surface area contributed by atoms with Crippen LogP contribution < -0.4 is 10.2 Å². The van der Waals surface area contributed by atoms with Gasteiger partial charge in [-0.3, -0.25) is 4.79 Å². The van der Waals surface area contributed by atoms with Crippen LogP contribution in [-0.4, -0.2) is 9.97 Å². The number of aryl methyl sites for hydroxylation is 3. The molecule has 6 nitrogen and oxygen atoms in total. The molecule has 0 bridgehead atoms. The fraction of sp³-hybridized carbons (Fsp3) is 0.190. The van der Waals surface area contributed by atoms with Crippen molar-refractivity contribution < 1.29 is 13.6 Å². The Hall–Kier alpha value is -3.41. The first kappa shape index (κ1) is 17.0. The van der Waals surface area contributed by atoms with Gasteiger partial charge in [-0.25, -0.2) is 9.97 Å². The molecule has 0 saturated heterocycles. The fourth-order valence-electron chi connectivity index (χ4n) is 2.94. The lowest BCUT2D eigenvalue weighted by Gasteiger charge is -2.10. The molecule has 136 valence electrons. The zero-order chi connectivity index (χ0) is 19.0. The number of rotatable bonds is 4. The van der Waals surface area contributed by atoms with Crippen molar-refractivity contribution in [3.63, 3.8) is 0 Å². The summed E-state index contributed by atoms with van der Waals surface area (Å²) in [5, 5.41) is 0.448. The number of benzene rings is 1. The van der Waals surface area contributed by atoms with Crippen molar-refractivity contribution in [3.8, 4) is 23.3 Å². The molecule has 0 spiro atoms. The number of fused-ring (bicyclic) bond motifs is 1. The molecule has 0 saturated carbocycles. The van der Waals surface area contributed by atoms with Gasteiger partial charge in [0, 0.05) is 11.4 Å². The Morgan fingerprint density at radius 2 is 1.85 bits per heavy atom. The Labute approximate surface area is 155 Å². The molecule has 1 aromatic carbocycles. The Bertz CT molecular complexity index is 1160. The van der Waals surface area contributed by atoms with Crippen LogP contribution in [0.1, 0.15) is 23.9 Å². The summed E-state index contributed by atoms with van der Waals surface area (Å²) in [4.78, 5) is 21.7. The Kier molecular flexibility index (Phi) is 4.24. The van der Waals surface area contributed by atoms with Gasteiger partial charge in [0.2, 0.25) is 16.9 Å². The molecule has 0 radical (unpaired) electrons. The van der Waals surface area contributed by atoms with Crippen LogP contribution in [-0.2, 0) is 6.42 Å². The van der Waals surface area contributed by atoms with Crippen molar-refractivity contribution in [2.24, 2.45) is 0 Å². The van der Waals surface area contributed by atoms with Gasteiger partial charge in [-0.15, -0.1) is 0 Å². The zero-order valence-corrected chi connectivity index (χ0v) is 15.3. The minimum absolute atomic E-state index is 0.00991. The van der Waals surface area contributed by atoms with E-state index in [9.17, 15) is 4.79 Å². The molecule has 3 aromatic heterocycles. The highest BCUT2D eigenvalue weighted by Gasteiger charge is 2.21. The summed E-state index contributed by atoms with van der Waals surface area (Å²) >= 11 is 0. The number of nitrogens with zero attached hydrogens (tertiary/aromatic N) is 2. The molecular weight excluding hydrogens is 344 g/mol. The molecule has 0 aliphatic rings. The maximum atomic E-state index is 13.2. The molecular formula is C21H18N2O4. The molecule has 0 aliphatic heterocycles. The first-order chi connectivity index (χ1) is 13.0. The van der Waals surface area contributed by atoms with E-state index in [1.165, 1.54) is 6.26 Å². The molecule has 0 aliphatic carbocycles. The van der Waals surface area contributed by atoms with Crippen molar-refractivity contribution in [2.75, 3.05) is 0 Å². The molecule has 0 atom stereocenters. The molecule has 6 heteroatoms. The van der Waals surface area contributed by atoms with E-state index in [0.29, 0.717) is 16.7 Å². The predicted molar refractivity (Wildman–Crippen MR) is 101 cm³/mol. The number of ether oxygens (including phenoxy) is 1. The largest absolute Gasteiger partial charge is 0.461 e. The normalized spacial score (nSPS) is 11.1. The van der Waals surface area contributed by atoms with Crippen molar-refractivity contribution in [2.45, 2.75) is 27.2 Å². The van der Waals surface area contributed by atoms with Gasteiger partial charge in [0.15, 0.2) is 5.76 Å². The lowest BCUT2D eigenvalue weighted by Crippen LogP contribution is -2.09. The van der Waals surface area contributed by atoms with Crippen molar-refractivity contribution in [1.29, 1.82) is 0 Å². The van der Waals surface area contributed by atoms with Crippen LogP contribution in [0.2, 0.25) is 0 Å². The lowest BCUT2D eigenvalue weighted by molar-refractivity contribution is 0.416. The molecule has 0 unspecified atom stereocenters. The third-order valence-electron chi connectivity index (χ3n) is 4.22. The average molecular weight is 362 g/mol. The predicted octanol–water partition coefficient (Wildman–Crippen LogP) is 4.81. The smallest absolute Gasteiger partial charge is 0.322 e. The Morgan fingerprint density at radius 3 is 2.52 bits per heavy atom. The second-order valence-electron chi connectivity index (χ2n) is 6.29. The highest BCUT2D eigenvalue weighted by Crippen LogP contribution is 2.33. The van der Waals surface area contributed by atoms with E-state index in [1.54, 1.807) is 18.2 Å². The topological polar surface area (TPSA) is 78.4 Å². The molecule has 4 aromatic rings. The molecule has 0 fully saturated rings. The molecule has 0 amide bonds. The van der Waals surface area contributed by atoms with E-state index in [-0.39, 0.29) is 22.9 Å². The number of aromatic nitrogens is 2. The van der Waals surface area contributed by atoms with Crippen LogP contribution in [0.25, 0.3) is 22.5 Å². The van der Waals surface area contributed by atoms with E-state index in [1.807, 2.05) is 39.0 Å². The van der Waals surface area contributed by atoms with Gasteiger partial charge >= 0.3 is 6.01 Å². The summed E-state index contributed by atoms with van der Waals surface area (Å²) in [6.45, 7) is 5.71. The second kappa shape index (κ2) is 6.72. The highest BCUT2D eigenvalue weighted by molar-refractivity contribution is 5.82. The van der Waals surface area contributed by atoms with Gasteiger partial charge in [0.05, 0.1) is 11.6 Å². The summed E-state index contributed by atoms with van der Waals surface area (Å²) in [5.41, 5.74) is 2.71. The van der Waals surface area contributed by atoms with Crippen LogP contribution in [0.5, 0.6) is 11.8 Å². The summed E-state index contributed by atoms with van der Waals surface area (Å²) < 4.78 is 17.2. The van der Waals surface area contributed by atoms with Crippen LogP contribution in [0.15, 0.2) is 56.3 Å². The lowest BCUT2D eigenvalue weighted by atomic mass is 10.1. The minimum atomic E-state index is -0.291. The second-order valence-corrected chi connectivity index (χ2v) is 6.29. The quantitative estimate of drug-likeness (QED) is 0.518. The third-order valence-corrected chi connectivity index (χ3v) is 4.22. The van der Waals surface area contributed by atoms with Gasteiger partial charge in [-0.05, 0) is 56.2 Å². The van der Waals surface area contributed by atoms with E-state index in [0.717, 1.165) is 23.4 Å². The van der Waals surface area contributed by atoms with Gasteiger partial charge in [0.25, 0.3) is 0 Å².